The molecule has 2 fully saturated rings. The first-order valence-corrected chi connectivity index (χ1v) is 9.88. The first-order valence-electron chi connectivity index (χ1n) is 9.06. The van der Waals surface area contributed by atoms with Gasteiger partial charge in [0.15, 0.2) is 0 Å². The molecule has 0 unspecified atom stereocenters. The van der Waals surface area contributed by atoms with Gasteiger partial charge in [0, 0.05) is 4.88 Å². The number of rotatable bonds is 3. The van der Waals surface area contributed by atoms with Crippen LogP contribution in [0.2, 0.25) is 0 Å². The van der Waals surface area contributed by atoms with Crippen LogP contribution in [0.15, 0.2) is 6.07 Å². The lowest BCUT2D eigenvalue weighted by Crippen LogP contribution is -2.53. The van der Waals surface area contributed by atoms with E-state index >= 15 is 0 Å². The third-order valence-electron chi connectivity index (χ3n) is 5.21. The molecule has 138 valence electrons. The van der Waals surface area contributed by atoms with E-state index < -0.39 is 5.97 Å². The summed E-state index contributed by atoms with van der Waals surface area (Å²) in [6.07, 6.45) is 5.75. The van der Waals surface area contributed by atoms with Gasteiger partial charge in [-0.25, -0.2) is 4.79 Å². The maximum atomic E-state index is 12.7. The Bertz CT molecular complexity index is 655. The molecule has 1 saturated heterocycles. The van der Waals surface area contributed by atoms with Crippen molar-refractivity contribution in [3.63, 3.8) is 0 Å². The van der Waals surface area contributed by atoms with Crippen LogP contribution in [0.25, 0.3) is 0 Å². The van der Waals surface area contributed by atoms with Crippen molar-refractivity contribution < 1.29 is 19.4 Å². The van der Waals surface area contributed by atoms with E-state index in [2.05, 4.69) is 20.8 Å². The number of hydrogen-bond donors (Lipinski definition) is 1. The highest BCUT2D eigenvalue weighted by Gasteiger charge is 2.39. The largest absolute Gasteiger partial charge is 0.477 e. The molecule has 0 bridgehead atoms. The van der Waals surface area contributed by atoms with Gasteiger partial charge in [-0.05, 0) is 30.2 Å². The Kier molecular flexibility index (Phi) is 5.21. The van der Waals surface area contributed by atoms with Crippen molar-refractivity contribution in [2.75, 3.05) is 18.1 Å². The minimum atomic E-state index is -0.961. The van der Waals surface area contributed by atoms with Crippen LogP contribution in [0.4, 0.5) is 5.69 Å². The molecule has 1 amide bonds. The van der Waals surface area contributed by atoms with Crippen molar-refractivity contribution in [1.82, 2.24) is 0 Å². The number of nitrogens with zero attached hydrogens (tertiary/aromatic N) is 1. The number of morpholine rings is 1. The molecule has 5 nitrogen and oxygen atoms in total. The Morgan fingerprint density at radius 1 is 1.28 bits per heavy atom. The molecule has 0 aromatic carbocycles. The van der Waals surface area contributed by atoms with Gasteiger partial charge in [-0.15, -0.1) is 11.3 Å². The first kappa shape index (κ1) is 18.4. The van der Waals surface area contributed by atoms with Crippen LogP contribution in [-0.2, 0) is 14.9 Å². The van der Waals surface area contributed by atoms with E-state index in [1.165, 1.54) is 30.6 Å². The molecule has 0 radical (unpaired) electrons. The lowest BCUT2D eigenvalue weighted by Gasteiger charge is -2.41. The molecular formula is C19H27NO4S. The van der Waals surface area contributed by atoms with E-state index in [1.807, 2.05) is 6.07 Å². The second-order valence-electron chi connectivity index (χ2n) is 8.12. The smallest absolute Gasteiger partial charge is 0.348 e. The minimum absolute atomic E-state index is 0.0307. The van der Waals surface area contributed by atoms with Gasteiger partial charge in [0.25, 0.3) is 5.91 Å². The Hall–Kier alpha value is -1.40. The van der Waals surface area contributed by atoms with E-state index in [9.17, 15) is 14.7 Å². The quantitative estimate of drug-likeness (QED) is 0.877. The number of ether oxygens (including phenoxy) is 1. The van der Waals surface area contributed by atoms with Crippen LogP contribution in [0.3, 0.4) is 0 Å². The predicted molar refractivity (Wildman–Crippen MR) is 98.6 cm³/mol. The van der Waals surface area contributed by atoms with Crippen LogP contribution < -0.4 is 4.90 Å². The van der Waals surface area contributed by atoms with Crippen molar-refractivity contribution in [2.45, 2.75) is 64.3 Å². The van der Waals surface area contributed by atoms with Crippen LogP contribution in [0.5, 0.6) is 0 Å². The van der Waals surface area contributed by atoms with E-state index in [1.54, 1.807) is 4.90 Å². The second kappa shape index (κ2) is 7.08. The summed E-state index contributed by atoms with van der Waals surface area (Å²) in [6, 6.07) is 1.86. The number of carboxylic acid groups (broad SMARTS) is 1. The number of carboxylic acids is 1. The zero-order chi connectivity index (χ0) is 18.2. The molecule has 1 N–H and O–H groups in total. The number of anilines is 1. The zero-order valence-electron chi connectivity index (χ0n) is 15.2. The molecule has 3 rings (SSSR count). The van der Waals surface area contributed by atoms with Gasteiger partial charge in [-0.3, -0.25) is 4.79 Å². The van der Waals surface area contributed by atoms with Crippen LogP contribution >= 0.6 is 11.3 Å². The van der Waals surface area contributed by atoms with Crippen molar-refractivity contribution in [1.29, 1.82) is 0 Å². The maximum absolute atomic E-state index is 12.7. The zero-order valence-corrected chi connectivity index (χ0v) is 16.0. The molecule has 1 saturated carbocycles. The summed E-state index contributed by atoms with van der Waals surface area (Å²) in [7, 11) is 0. The van der Waals surface area contributed by atoms with Crippen molar-refractivity contribution in [2.24, 2.45) is 5.92 Å². The lowest BCUT2D eigenvalue weighted by atomic mass is 9.83. The summed E-state index contributed by atoms with van der Waals surface area (Å²) >= 11 is 1.28. The number of hydrogen-bond acceptors (Lipinski definition) is 4. The Labute approximate surface area is 153 Å². The first-order chi connectivity index (χ1) is 11.8. The molecule has 1 aromatic rings. The van der Waals surface area contributed by atoms with Gasteiger partial charge in [-0.2, -0.15) is 0 Å². The van der Waals surface area contributed by atoms with Gasteiger partial charge in [-0.1, -0.05) is 40.0 Å². The van der Waals surface area contributed by atoms with Crippen molar-refractivity contribution in [3.05, 3.63) is 15.8 Å². The summed E-state index contributed by atoms with van der Waals surface area (Å²) in [4.78, 5) is 27.5. The molecule has 1 atom stereocenters. The standard InChI is InChI=1S/C19H27NO4S/c1-19(2,3)15-9-13(17(25-15)18(22)23)20-14(10-24-11-16(20)21)12-7-5-4-6-8-12/h9,12,14H,4-8,10-11H2,1-3H3,(H,22,23)/t14-/m0/s1. The van der Waals surface area contributed by atoms with E-state index in [-0.39, 0.29) is 28.8 Å². The van der Waals surface area contributed by atoms with E-state index in [4.69, 9.17) is 4.74 Å². The molecule has 25 heavy (non-hydrogen) atoms. The lowest BCUT2D eigenvalue weighted by molar-refractivity contribution is -0.128. The topological polar surface area (TPSA) is 66.8 Å². The highest BCUT2D eigenvalue weighted by Crippen LogP contribution is 2.41. The average molecular weight is 365 g/mol. The van der Waals surface area contributed by atoms with E-state index in [0.29, 0.717) is 18.2 Å². The molecule has 1 aliphatic heterocycles. The van der Waals surface area contributed by atoms with Crippen molar-refractivity contribution >= 4 is 28.9 Å². The molecular weight excluding hydrogens is 338 g/mol. The Morgan fingerprint density at radius 3 is 2.56 bits per heavy atom. The minimum Gasteiger partial charge on any atom is -0.477 e. The summed E-state index contributed by atoms with van der Waals surface area (Å²) in [5, 5.41) is 9.70. The SMILES string of the molecule is CC(C)(C)c1cc(N2C(=O)COC[C@H]2C2CCCCC2)c(C(=O)O)s1. The molecule has 6 heteroatoms. The monoisotopic (exact) mass is 365 g/mol. The van der Waals surface area contributed by atoms with Gasteiger partial charge < -0.3 is 14.7 Å². The fraction of sp³-hybridized carbons (Fsp3) is 0.684. The maximum Gasteiger partial charge on any atom is 0.348 e. The van der Waals surface area contributed by atoms with Crippen LogP contribution in [0, 0.1) is 5.92 Å². The van der Waals surface area contributed by atoms with Gasteiger partial charge >= 0.3 is 5.97 Å². The van der Waals surface area contributed by atoms with Crippen LogP contribution in [0.1, 0.15) is 67.4 Å². The highest BCUT2D eigenvalue weighted by molar-refractivity contribution is 7.14. The predicted octanol–water partition coefficient (Wildman–Crippen LogP) is 4.06. The van der Waals surface area contributed by atoms with E-state index in [0.717, 1.165) is 17.7 Å². The normalized spacial score (nSPS) is 23.1. The van der Waals surface area contributed by atoms with Gasteiger partial charge in [0.1, 0.15) is 11.5 Å². The number of carbonyl (C=O) groups excluding carboxylic acids is 1. The summed E-state index contributed by atoms with van der Waals surface area (Å²) in [5.41, 5.74) is 0.411. The fourth-order valence-corrected chi connectivity index (χ4v) is 4.90. The summed E-state index contributed by atoms with van der Waals surface area (Å²) in [6.45, 7) is 6.72. The van der Waals surface area contributed by atoms with Crippen LogP contribution in [-0.4, -0.2) is 36.2 Å². The number of thiophene rings is 1. The third-order valence-corrected chi connectivity index (χ3v) is 6.75. The van der Waals surface area contributed by atoms with Gasteiger partial charge in [0.2, 0.25) is 0 Å². The highest BCUT2D eigenvalue weighted by atomic mass is 32.1. The summed E-state index contributed by atoms with van der Waals surface area (Å²) < 4.78 is 5.54. The molecule has 2 heterocycles. The molecule has 1 aromatic heterocycles. The Morgan fingerprint density at radius 2 is 1.96 bits per heavy atom. The third kappa shape index (κ3) is 3.75. The van der Waals surface area contributed by atoms with Gasteiger partial charge in [0.05, 0.1) is 18.3 Å². The molecule has 2 aliphatic rings. The summed E-state index contributed by atoms with van der Waals surface area (Å²) in [5.74, 6) is -0.697. The number of carbonyl (C=O) groups is 2. The van der Waals surface area contributed by atoms with Crippen molar-refractivity contribution in [3.8, 4) is 0 Å². The number of amides is 1. The fourth-order valence-electron chi connectivity index (χ4n) is 3.86. The average Bonchev–Trinajstić information content (AvgIpc) is 3.01. The molecule has 0 spiro atoms. The Balaban J connectivity index is 2.02. The number of aromatic carboxylic acids is 1. The molecule has 1 aliphatic carbocycles. The second-order valence-corrected chi connectivity index (χ2v) is 9.18.